The molecule has 0 saturated carbocycles. The summed E-state index contributed by atoms with van der Waals surface area (Å²) < 4.78 is 0. The number of rotatable bonds is 6. The summed E-state index contributed by atoms with van der Waals surface area (Å²) in [6.07, 6.45) is 1.19. The minimum atomic E-state index is 0.511. The van der Waals surface area contributed by atoms with Crippen molar-refractivity contribution in [3.63, 3.8) is 0 Å². The monoisotopic (exact) mass is 273 g/mol. The van der Waals surface area contributed by atoms with Crippen LogP contribution in [0.15, 0.2) is 18.2 Å². The maximum atomic E-state index is 6.31. The van der Waals surface area contributed by atoms with Crippen molar-refractivity contribution in [1.29, 1.82) is 0 Å². The first kappa shape index (κ1) is 14.7. The molecule has 17 heavy (non-hydrogen) atoms. The summed E-state index contributed by atoms with van der Waals surface area (Å²) in [5.41, 5.74) is 2.18. The van der Waals surface area contributed by atoms with Gasteiger partial charge in [-0.05, 0) is 30.5 Å². The number of hydrogen-bond donors (Lipinski definition) is 0. The summed E-state index contributed by atoms with van der Waals surface area (Å²) >= 11 is 12.1. The van der Waals surface area contributed by atoms with E-state index in [1.807, 2.05) is 12.1 Å². The molecule has 0 aliphatic carbocycles. The van der Waals surface area contributed by atoms with Crippen LogP contribution in [-0.4, -0.2) is 13.1 Å². The molecular formula is C14H21Cl2N. The third-order valence-corrected chi connectivity index (χ3v) is 3.73. The highest BCUT2D eigenvalue weighted by molar-refractivity contribution is 6.33. The molecular weight excluding hydrogens is 253 g/mol. The summed E-state index contributed by atoms with van der Waals surface area (Å²) in [5.74, 6) is 1.19. The van der Waals surface area contributed by atoms with Crippen molar-refractivity contribution in [2.45, 2.75) is 33.1 Å². The minimum Gasteiger partial charge on any atom is -0.370 e. The number of halogens is 2. The SMILES string of the molecule is CCC(C)CN(CC)c1ccc(CCl)cc1Cl. The fourth-order valence-electron chi connectivity index (χ4n) is 1.79. The van der Waals surface area contributed by atoms with Gasteiger partial charge in [-0.25, -0.2) is 0 Å². The van der Waals surface area contributed by atoms with Crippen LogP contribution < -0.4 is 4.90 Å². The molecule has 1 nitrogen and oxygen atoms in total. The number of alkyl halides is 1. The van der Waals surface area contributed by atoms with Gasteiger partial charge in [0, 0.05) is 19.0 Å². The molecule has 0 amide bonds. The minimum absolute atomic E-state index is 0.511. The molecule has 0 spiro atoms. The lowest BCUT2D eigenvalue weighted by molar-refractivity contribution is 0.548. The Balaban J connectivity index is 2.88. The van der Waals surface area contributed by atoms with Gasteiger partial charge in [-0.3, -0.25) is 0 Å². The molecule has 0 aliphatic heterocycles. The number of nitrogens with zero attached hydrogens (tertiary/aromatic N) is 1. The van der Waals surface area contributed by atoms with Gasteiger partial charge in [-0.1, -0.05) is 37.9 Å². The second-order valence-electron chi connectivity index (χ2n) is 4.47. The smallest absolute Gasteiger partial charge is 0.0642 e. The average molecular weight is 274 g/mol. The molecule has 3 heteroatoms. The fraction of sp³-hybridized carbons (Fsp3) is 0.571. The normalized spacial score (nSPS) is 12.5. The molecule has 1 aromatic carbocycles. The zero-order valence-electron chi connectivity index (χ0n) is 10.8. The summed E-state index contributed by atoms with van der Waals surface area (Å²) in [6, 6.07) is 6.09. The molecule has 1 unspecified atom stereocenters. The van der Waals surface area contributed by atoms with E-state index in [0.717, 1.165) is 29.4 Å². The first-order valence-electron chi connectivity index (χ1n) is 6.21. The van der Waals surface area contributed by atoms with Gasteiger partial charge in [0.15, 0.2) is 0 Å². The first-order valence-corrected chi connectivity index (χ1v) is 7.12. The van der Waals surface area contributed by atoms with E-state index in [2.05, 4.69) is 31.7 Å². The quantitative estimate of drug-likeness (QED) is 0.663. The Morgan fingerprint density at radius 3 is 2.47 bits per heavy atom. The van der Waals surface area contributed by atoms with Gasteiger partial charge in [-0.15, -0.1) is 11.6 Å². The van der Waals surface area contributed by atoms with Crippen molar-refractivity contribution in [3.05, 3.63) is 28.8 Å². The van der Waals surface area contributed by atoms with E-state index in [1.54, 1.807) is 0 Å². The molecule has 0 N–H and O–H groups in total. The van der Waals surface area contributed by atoms with Gasteiger partial charge >= 0.3 is 0 Å². The van der Waals surface area contributed by atoms with Gasteiger partial charge in [-0.2, -0.15) is 0 Å². The Hall–Kier alpha value is -0.400. The Morgan fingerprint density at radius 1 is 1.29 bits per heavy atom. The maximum Gasteiger partial charge on any atom is 0.0642 e. The van der Waals surface area contributed by atoms with E-state index < -0.39 is 0 Å². The van der Waals surface area contributed by atoms with Crippen molar-refractivity contribution in [2.75, 3.05) is 18.0 Å². The zero-order valence-corrected chi connectivity index (χ0v) is 12.4. The molecule has 0 saturated heterocycles. The van der Waals surface area contributed by atoms with Gasteiger partial charge in [0.1, 0.15) is 0 Å². The first-order chi connectivity index (χ1) is 8.12. The largest absolute Gasteiger partial charge is 0.370 e. The van der Waals surface area contributed by atoms with E-state index in [1.165, 1.54) is 6.42 Å². The summed E-state index contributed by atoms with van der Waals surface area (Å²) in [7, 11) is 0. The maximum absolute atomic E-state index is 6.31. The molecule has 0 radical (unpaired) electrons. The molecule has 0 fully saturated rings. The Kier molecular flexibility index (Phi) is 6.15. The van der Waals surface area contributed by atoms with Gasteiger partial charge < -0.3 is 4.90 Å². The number of hydrogen-bond acceptors (Lipinski definition) is 1. The van der Waals surface area contributed by atoms with Crippen LogP contribution in [-0.2, 0) is 5.88 Å². The molecule has 0 bridgehead atoms. The average Bonchev–Trinajstić information content (AvgIpc) is 2.35. The van der Waals surface area contributed by atoms with Crippen molar-refractivity contribution < 1.29 is 0 Å². The van der Waals surface area contributed by atoms with Crippen molar-refractivity contribution in [3.8, 4) is 0 Å². The summed E-state index contributed by atoms with van der Waals surface area (Å²) in [5, 5.41) is 0.799. The van der Waals surface area contributed by atoms with E-state index in [4.69, 9.17) is 23.2 Å². The predicted molar refractivity (Wildman–Crippen MR) is 78.4 cm³/mol. The van der Waals surface area contributed by atoms with E-state index in [9.17, 15) is 0 Å². The number of benzene rings is 1. The van der Waals surface area contributed by atoms with Gasteiger partial charge in [0.05, 0.1) is 10.7 Å². The third-order valence-electron chi connectivity index (χ3n) is 3.12. The lowest BCUT2D eigenvalue weighted by Gasteiger charge is -2.27. The highest BCUT2D eigenvalue weighted by atomic mass is 35.5. The highest BCUT2D eigenvalue weighted by Crippen LogP contribution is 2.28. The predicted octanol–water partition coefficient (Wildman–Crippen LogP) is 4.95. The molecule has 1 aromatic rings. The van der Waals surface area contributed by atoms with Gasteiger partial charge in [0.25, 0.3) is 0 Å². The second kappa shape index (κ2) is 7.13. The number of anilines is 1. The van der Waals surface area contributed by atoms with E-state index in [-0.39, 0.29) is 0 Å². The molecule has 0 aromatic heterocycles. The summed E-state index contributed by atoms with van der Waals surface area (Å²) in [6.45, 7) is 8.67. The van der Waals surface area contributed by atoms with Crippen LogP contribution in [0, 0.1) is 5.92 Å². The summed E-state index contributed by atoms with van der Waals surface area (Å²) in [4.78, 5) is 2.33. The van der Waals surface area contributed by atoms with E-state index in [0.29, 0.717) is 11.8 Å². The van der Waals surface area contributed by atoms with Crippen LogP contribution in [0.2, 0.25) is 5.02 Å². The fourth-order valence-corrected chi connectivity index (χ4v) is 2.28. The Morgan fingerprint density at radius 2 is 2.00 bits per heavy atom. The van der Waals surface area contributed by atoms with Crippen LogP contribution in [0.1, 0.15) is 32.8 Å². The molecule has 1 rings (SSSR count). The van der Waals surface area contributed by atoms with Crippen LogP contribution in [0.3, 0.4) is 0 Å². The van der Waals surface area contributed by atoms with Crippen LogP contribution >= 0.6 is 23.2 Å². The van der Waals surface area contributed by atoms with Crippen LogP contribution in [0.4, 0.5) is 5.69 Å². The third kappa shape index (κ3) is 4.08. The topological polar surface area (TPSA) is 3.24 Å². The second-order valence-corrected chi connectivity index (χ2v) is 5.15. The highest BCUT2D eigenvalue weighted by Gasteiger charge is 2.11. The van der Waals surface area contributed by atoms with Crippen LogP contribution in [0.5, 0.6) is 0 Å². The van der Waals surface area contributed by atoms with Gasteiger partial charge in [0.2, 0.25) is 0 Å². The van der Waals surface area contributed by atoms with Crippen LogP contribution in [0.25, 0.3) is 0 Å². The Bertz CT molecular complexity index is 352. The molecule has 0 aliphatic rings. The lowest BCUT2D eigenvalue weighted by atomic mass is 10.1. The van der Waals surface area contributed by atoms with Crippen molar-refractivity contribution >= 4 is 28.9 Å². The molecule has 1 atom stereocenters. The lowest BCUT2D eigenvalue weighted by Crippen LogP contribution is -2.28. The zero-order chi connectivity index (χ0) is 12.8. The standard InChI is InChI=1S/C14H21Cl2N/c1-4-11(3)10-17(5-2)14-7-6-12(9-15)8-13(14)16/h6-8,11H,4-5,9-10H2,1-3H3. The van der Waals surface area contributed by atoms with Crippen molar-refractivity contribution in [2.24, 2.45) is 5.92 Å². The Labute approximate surface area is 115 Å². The van der Waals surface area contributed by atoms with Crippen molar-refractivity contribution in [1.82, 2.24) is 0 Å². The molecule has 0 heterocycles. The molecule has 96 valence electrons. The van der Waals surface area contributed by atoms with E-state index >= 15 is 0 Å².